The summed E-state index contributed by atoms with van der Waals surface area (Å²) in [5.74, 6) is 1.67. The third-order valence-corrected chi connectivity index (χ3v) is 4.56. The lowest BCUT2D eigenvalue weighted by Gasteiger charge is -2.40. The third-order valence-electron chi connectivity index (χ3n) is 4.56. The summed E-state index contributed by atoms with van der Waals surface area (Å²) >= 11 is 0. The minimum absolute atomic E-state index is 0.645. The van der Waals surface area contributed by atoms with Gasteiger partial charge in [-0.3, -0.25) is 0 Å². The van der Waals surface area contributed by atoms with Crippen molar-refractivity contribution in [2.45, 2.75) is 38.8 Å². The number of hydrogen-bond donors (Lipinski definition) is 1. The van der Waals surface area contributed by atoms with E-state index in [0.717, 1.165) is 24.6 Å². The van der Waals surface area contributed by atoms with Gasteiger partial charge >= 0.3 is 0 Å². The topological polar surface area (TPSA) is 24.5 Å². The van der Waals surface area contributed by atoms with Crippen LogP contribution in [-0.2, 0) is 6.42 Å². The van der Waals surface area contributed by atoms with E-state index in [-0.39, 0.29) is 0 Å². The number of rotatable bonds is 5. The van der Waals surface area contributed by atoms with E-state index in [1.165, 1.54) is 18.5 Å². The van der Waals surface area contributed by atoms with Gasteiger partial charge in [-0.2, -0.15) is 0 Å². The van der Waals surface area contributed by atoms with E-state index in [9.17, 15) is 0 Å². The first-order chi connectivity index (χ1) is 9.60. The van der Waals surface area contributed by atoms with E-state index in [2.05, 4.69) is 49.3 Å². The van der Waals surface area contributed by atoms with Crippen LogP contribution in [0.1, 0.15) is 25.8 Å². The fraction of sp³-hybridized carbons (Fsp3) is 0.647. The molecule has 3 unspecified atom stereocenters. The van der Waals surface area contributed by atoms with Crippen LogP contribution in [0.2, 0.25) is 0 Å². The molecule has 0 aliphatic carbocycles. The highest BCUT2D eigenvalue weighted by molar-refractivity contribution is 5.28. The van der Waals surface area contributed by atoms with Gasteiger partial charge in [-0.15, -0.1) is 0 Å². The van der Waals surface area contributed by atoms with Crippen LogP contribution in [0.4, 0.5) is 0 Å². The molecular formula is C17H28N2O. The highest BCUT2D eigenvalue weighted by Gasteiger charge is 2.28. The molecule has 3 atom stereocenters. The van der Waals surface area contributed by atoms with Crippen molar-refractivity contribution in [3.8, 4) is 5.75 Å². The van der Waals surface area contributed by atoms with Crippen LogP contribution < -0.4 is 10.1 Å². The summed E-state index contributed by atoms with van der Waals surface area (Å²) in [5.41, 5.74) is 1.34. The molecule has 3 nitrogen and oxygen atoms in total. The lowest BCUT2D eigenvalue weighted by atomic mass is 9.90. The number of methoxy groups -OCH3 is 1. The molecule has 1 aromatic rings. The van der Waals surface area contributed by atoms with Crippen molar-refractivity contribution in [3.05, 3.63) is 29.8 Å². The average molecular weight is 276 g/mol. The number of ether oxygens (including phenoxy) is 1. The second kappa shape index (κ2) is 7.09. The van der Waals surface area contributed by atoms with Crippen LogP contribution in [0.5, 0.6) is 5.75 Å². The van der Waals surface area contributed by atoms with Gasteiger partial charge < -0.3 is 15.0 Å². The first kappa shape index (κ1) is 15.3. The van der Waals surface area contributed by atoms with E-state index in [0.29, 0.717) is 12.1 Å². The number of nitrogens with zero attached hydrogens (tertiary/aromatic N) is 1. The van der Waals surface area contributed by atoms with E-state index in [4.69, 9.17) is 4.74 Å². The minimum Gasteiger partial charge on any atom is -0.497 e. The second-order valence-corrected chi connectivity index (χ2v) is 6.16. The molecule has 1 fully saturated rings. The molecule has 1 aromatic carbocycles. The zero-order valence-corrected chi connectivity index (χ0v) is 13.2. The van der Waals surface area contributed by atoms with Gasteiger partial charge in [-0.25, -0.2) is 0 Å². The molecule has 1 aliphatic rings. The first-order valence-electron chi connectivity index (χ1n) is 7.66. The van der Waals surface area contributed by atoms with Crippen molar-refractivity contribution in [1.29, 1.82) is 0 Å². The molecule has 0 spiro atoms. The fourth-order valence-electron chi connectivity index (χ4n) is 3.06. The highest BCUT2D eigenvalue weighted by atomic mass is 16.5. The minimum atomic E-state index is 0.645. The van der Waals surface area contributed by atoms with Gasteiger partial charge in [-0.1, -0.05) is 19.1 Å². The molecule has 20 heavy (non-hydrogen) atoms. The molecule has 0 aromatic heterocycles. The van der Waals surface area contributed by atoms with Crippen LogP contribution in [-0.4, -0.2) is 44.2 Å². The number of piperidine rings is 1. The Morgan fingerprint density at radius 2 is 2.15 bits per heavy atom. The molecule has 0 bridgehead atoms. The fourth-order valence-corrected chi connectivity index (χ4v) is 3.06. The van der Waals surface area contributed by atoms with Gasteiger partial charge in [0.15, 0.2) is 0 Å². The second-order valence-electron chi connectivity index (χ2n) is 6.16. The predicted molar refractivity (Wildman–Crippen MR) is 84.4 cm³/mol. The zero-order valence-electron chi connectivity index (χ0n) is 13.2. The zero-order chi connectivity index (χ0) is 14.5. The Balaban J connectivity index is 1.80. The van der Waals surface area contributed by atoms with E-state index in [1.807, 2.05) is 6.07 Å². The summed E-state index contributed by atoms with van der Waals surface area (Å²) in [6, 6.07) is 9.69. The van der Waals surface area contributed by atoms with Crippen LogP contribution >= 0.6 is 0 Å². The molecule has 112 valence electrons. The highest BCUT2D eigenvalue weighted by Crippen LogP contribution is 2.20. The molecule has 2 rings (SSSR count). The molecular weight excluding hydrogens is 248 g/mol. The maximum absolute atomic E-state index is 5.27. The van der Waals surface area contributed by atoms with Crippen molar-refractivity contribution in [1.82, 2.24) is 10.2 Å². The maximum Gasteiger partial charge on any atom is 0.119 e. The van der Waals surface area contributed by atoms with Crippen LogP contribution in [0.25, 0.3) is 0 Å². The van der Waals surface area contributed by atoms with E-state index >= 15 is 0 Å². The monoisotopic (exact) mass is 276 g/mol. The summed E-state index contributed by atoms with van der Waals surface area (Å²) in [6.07, 6.45) is 2.31. The smallest absolute Gasteiger partial charge is 0.119 e. The lowest BCUT2D eigenvalue weighted by Crippen LogP contribution is -2.51. The Labute approximate surface area is 123 Å². The van der Waals surface area contributed by atoms with Crippen molar-refractivity contribution in [2.24, 2.45) is 5.92 Å². The molecule has 1 aliphatic heterocycles. The summed E-state index contributed by atoms with van der Waals surface area (Å²) in [4.78, 5) is 2.46. The van der Waals surface area contributed by atoms with Gasteiger partial charge in [0.2, 0.25) is 0 Å². The van der Waals surface area contributed by atoms with Crippen molar-refractivity contribution >= 4 is 0 Å². The molecule has 1 N–H and O–H groups in total. The Morgan fingerprint density at radius 1 is 1.35 bits per heavy atom. The first-order valence-corrected chi connectivity index (χ1v) is 7.66. The van der Waals surface area contributed by atoms with Crippen LogP contribution in [0.3, 0.4) is 0 Å². The number of benzene rings is 1. The van der Waals surface area contributed by atoms with E-state index in [1.54, 1.807) is 7.11 Å². The lowest BCUT2D eigenvalue weighted by molar-refractivity contribution is 0.122. The molecule has 0 amide bonds. The molecule has 0 radical (unpaired) electrons. The van der Waals surface area contributed by atoms with E-state index < -0.39 is 0 Å². The largest absolute Gasteiger partial charge is 0.497 e. The summed E-state index contributed by atoms with van der Waals surface area (Å²) in [5, 5.41) is 3.74. The van der Waals surface area contributed by atoms with Gasteiger partial charge in [-0.05, 0) is 57.0 Å². The van der Waals surface area contributed by atoms with Crippen molar-refractivity contribution in [2.75, 3.05) is 27.2 Å². The molecule has 1 heterocycles. The van der Waals surface area contributed by atoms with Gasteiger partial charge in [0, 0.05) is 18.6 Å². The van der Waals surface area contributed by atoms with Gasteiger partial charge in [0.1, 0.15) is 5.75 Å². The summed E-state index contributed by atoms with van der Waals surface area (Å²) < 4.78 is 5.27. The molecule has 0 saturated carbocycles. The van der Waals surface area contributed by atoms with Crippen molar-refractivity contribution in [3.63, 3.8) is 0 Å². The summed E-state index contributed by atoms with van der Waals surface area (Å²) in [7, 11) is 3.95. The quantitative estimate of drug-likeness (QED) is 0.894. The molecule has 1 saturated heterocycles. The van der Waals surface area contributed by atoms with Crippen LogP contribution in [0.15, 0.2) is 24.3 Å². The number of hydrogen-bond acceptors (Lipinski definition) is 3. The van der Waals surface area contributed by atoms with Gasteiger partial charge in [0.25, 0.3) is 0 Å². The normalized spacial score (nSPS) is 27.5. The third kappa shape index (κ3) is 3.97. The van der Waals surface area contributed by atoms with Crippen LogP contribution in [0, 0.1) is 5.92 Å². The Bertz CT molecular complexity index is 421. The van der Waals surface area contributed by atoms with Gasteiger partial charge in [0.05, 0.1) is 7.11 Å². The Morgan fingerprint density at radius 3 is 2.90 bits per heavy atom. The average Bonchev–Trinajstić information content (AvgIpc) is 2.44. The number of nitrogens with one attached hydrogen (secondary N) is 1. The Kier molecular flexibility index (Phi) is 5.44. The maximum atomic E-state index is 5.27. The predicted octanol–water partition coefficient (Wildman–Crippen LogP) is 2.56. The SMILES string of the molecule is COc1cccc(CCNC2CC(C)N(C)CC2C)c1. The number of likely N-dealkylation sites (tertiary alicyclic amines) is 1. The van der Waals surface area contributed by atoms with Crippen molar-refractivity contribution < 1.29 is 4.74 Å². The standard InChI is InChI=1S/C17H28N2O/c1-13-12-19(3)14(2)10-17(13)18-9-8-15-6-5-7-16(11-15)20-4/h5-7,11,13-14,17-18H,8-10,12H2,1-4H3. The summed E-state index contributed by atoms with van der Waals surface area (Å²) in [6.45, 7) is 6.91. The molecule has 3 heteroatoms. The Hall–Kier alpha value is -1.06.